The van der Waals surface area contributed by atoms with Gasteiger partial charge < -0.3 is 4.74 Å². The van der Waals surface area contributed by atoms with Gasteiger partial charge in [-0.25, -0.2) is 10.9 Å². The second-order valence-electron chi connectivity index (χ2n) is 4.01. The molecule has 1 saturated heterocycles. The smallest absolute Gasteiger partial charge is 0.149 e. The highest BCUT2D eigenvalue weighted by atomic mass is 16.5. The third-order valence-electron chi connectivity index (χ3n) is 2.82. The standard InChI is InChI=1S/C14H14N2O/c1-3-7-11(8-4-1)13-15-16-14(17-13)12-9-5-2-6-10-12/h1-10,13-16H. The first kappa shape index (κ1) is 10.5. The summed E-state index contributed by atoms with van der Waals surface area (Å²) < 4.78 is 5.91. The molecule has 2 aromatic rings. The second kappa shape index (κ2) is 4.67. The van der Waals surface area contributed by atoms with E-state index in [9.17, 15) is 0 Å². The summed E-state index contributed by atoms with van der Waals surface area (Å²) in [7, 11) is 0. The Bertz CT molecular complexity index is 427. The quantitative estimate of drug-likeness (QED) is 0.825. The lowest BCUT2D eigenvalue weighted by molar-refractivity contribution is 0.0341. The molecule has 3 nitrogen and oxygen atoms in total. The maximum Gasteiger partial charge on any atom is 0.149 e. The minimum Gasteiger partial charge on any atom is -0.334 e. The number of rotatable bonds is 2. The van der Waals surface area contributed by atoms with Crippen molar-refractivity contribution in [2.75, 3.05) is 0 Å². The number of hydrogen-bond acceptors (Lipinski definition) is 3. The van der Waals surface area contributed by atoms with E-state index in [1.165, 1.54) is 0 Å². The molecule has 2 aromatic carbocycles. The predicted octanol–water partition coefficient (Wildman–Crippen LogP) is 2.51. The average molecular weight is 226 g/mol. The van der Waals surface area contributed by atoms with Crippen LogP contribution in [0.3, 0.4) is 0 Å². The van der Waals surface area contributed by atoms with Crippen molar-refractivity contribution in [3.05, 3.63) is 71.8 Å². The van der Waals surface area contributed by atoms with Crippen molar-refractivity contribution in [2.24, 2.45) is 0 Å². The number of benzene rings is 2. The van der Waals surface area contributed by atoms with E-state index in [0.717, 1.165) is 11.1 Å². The zero-order chi connectivity index (χ0) is 11.5. The Morgan fingerprint density at radius 2 is 1.06 bits per heavy atom. The van der Waals surface area contributed by atoms with Gasteiger partial charge in [-0.2, -0.15) is 0 Å². The summed E-state index contributed by atoms with van der Waals surface area (Å²) in [5.74, 6) is 0. The molecule has 0 aromatic heterocycles. The van der Waals surface area contributed by atoms with Crippen molar-refractivity contribution in [2.45, 2.75) is 12.5 Å². The minimum atomic E-state index is -0.0959. The van der Waals surface area contributed by atoms with Crippen LogP contribution in [-0.2, 0) is 4.74 Å². The Kier molecular flexibility index (Phi) is 2.88. The third kappa shape index (κ3) is 2.22. The van der Waals surface area contributed by atoms with Crippen molar-refractivity contribution >= 4 is 0 Å². The van der Waals surface area contributed by atoms with Gasteiger partial charge in [0.25, 0.3) is 0 Å². The summed E-state index contributed by atoms with van der Waals surface area (Å²) in [5.41, 5.74) is 8.55. The van der Waals surface area contributed by atoms with Gasteiger partial charge in [0.2, 0.25) is 0 Å². The van der Waals surface area contributed by atoms with Gasteiger partial charge in [0.05, 0.1) is 0 Å². The fourth-order valence-corrected chi connectivity index (χ4v) is 1.93. The largest absolute Gasteiger partial charge is 0.334 e. The SMILES string of the molecule is c1ccc(C2NNC(c3ccccc3)O2)cc1. The number of nitrogens with one attached hydrogen (secondary N) is 2. The minimum absolute atomic E-state index is 0.0959. The van der Waals surface area contributed by atoms with E-state index >= 15 is 0 Å². The highest BCUT2D eigenvalue weighted by Crippen LogP contribution is 2.26. The summed E-state index contributed by atoms with van der Waals surface area (Å²) in [6.07, 6.45) is -0.192. The summed E-state index contributed by atoms with van der Waals surface area (Å²) in [4.78, 5) is 0. The first-order chi connectivity index (χ1) is 8.43. The Hall–Kier alpha value is -1.68. The molecular formula is C14H14N2O. The topological polar surface area (TPSA) is 33.3 Å². The van der Waals surface area contributed by atoms with Gasteiger partial charge in [0.15, 0.2) is 0 Å². The zero-order valence-corrected chi connectivity index (χ0v) is 9.34. The van der Waals surface area contributed by atoms with Gasteiger partial charge in [0.1, 0.15) is 12.5 Å². The third-order valence-corrected chi connectivity index (χ3v) is 2.82. The molecule has 0 aliphatic carbocycles. The van der Waals surface area contributed by atoms with Crippen molar-refractivity contribution in [1.82, 2.24) is 10.9 Å². The lowest BCUT2D eigenvalue weighted by Crippen LogP contribution is -2.26. The molecule has 1 aliphatic rings. The van der Waals surface area contributed by atoms with E-state index in [-0.39, 0.29) is 12.5 Å². The molecule has 1 heterocycles. The summed E-state index contributed by atoms with van der Waals surface area (Å²) >= 11 is 0. The molecule has 0 bridgehead atoms. The van der Waals surface area contributed by atoms with Crippen molar-refractivity contribution in [1.29, 1.82) is 0 Å². The molecule has 17 heavy (non-hydrogen) atoms. The van der Waals surface area contributed by atoms with Gasteiger partial charge in [-0.15, -0.1) is 0 Å². The molecule has 0 amide bonds. The lowest BCUT2D eigenvalue weighted by atomic mass is 10.2. The molecule has 1 fully saturated rings. The number of ether oxygens (including phenoxy) is 1. The number of hydrogen-bond donors (Lipinski definition) is 2. The van der Waals surface area contributed by atoms with Crippen molar-refractivity contribution in [3.8, 4) is 0 Å². The zero-order valence-electron chi connectivity index (χ0n) is 9.34. The van der Waals surface area contributed by atoms with Gasteiger partial charge in [-0.3, -0.25) is 0 Å². The van der Waals surface area contributed by atoms with Gasteiger partial charge in [-0.1, -0.05) is 60.7 Å². The van der Waals surface area contributed by atoms with Crippen LogP contribution in [0.2, 0.25) is 0 Å². The highest BCUT2D eigenvalue weighted by Gasteiger charge is 2.25. The first-order valence-corrected chi connectivity index (χ1v) is 5.70. The Morgan fingerprint density at radius 3 is 1.47 bits per heavy atom. The molecule has 2 atom stereocenters. The fourth-order valence-electron chi connectivity index (χ4n) is 1.93. The monoisotopic (exact) mass is 226 g/mol. The maximum absolute atomic E-state index is 5.91. The molecule has 2 unspecified atom stereocenters. The molecule has 0 saturated carbocycles. The van der Waals surface area contributed by atoms with Crippen LogP contribution in [0, 0.1) is 0 Å². The van der Waals surface area contributed by atoms with Crippen LogP contribution in [0.25, 0.3) is 0 Å². The molecule has 3 heteroatoms. The van der Waals surface area contributed by atoms with Crippen molar-refractivity contribution in [3.63, 3.8) is 0 Å². The van der Waals surface area contributed by atoms with Crippen LogP contribution in [0.5, 0.6) is 0 Å². The molecule has 3 rings (SSSR count). The summed E-state index contributed by atoms with van der Waals surface area (Å²) in [6.45, 7) is 0. The van der Waals surface area contributed by atoms with E-state index in [0.29, 0.717) is 0 Å². The first-order valence-electron chi connectivity index (χ1n) is 5.70. The van der Waals surface area contributed by atoms with Gasteiger partial charge in [-0.05, 0) is 11.1 Å². The second-order valence-corrected chi connectivity index (χ2v) is 4.01. The Balaban J connectivity index is 1.75. The Morgan fingerprint density at radius 1 is 0.647 bits per heavy atom. The lowest BCUT2D eigenvalue weighted by Gasteiger charge is -2.11. The van der Waals surface area contributed by atoms with Crippen LogP contribution in [0.4, 0.5) is 0 Å². The van der Waals surface area contributed by atoms with E-state index in [1.807, 2.05) is 60.7 Å². The molecular weight excluding hydrogens is 212 g/mol. The van der Waals surface area contributed by atoms with E-state index in [2.05, 4.69) is 10.9 Å². The highest BCUT2D eigenvalue weighted by molar-refractivity contribution is 5.20. The van der Waals surface area contributed by atoms with Crippen LogP contribution < -0.4 is 10.9 Å². The predicted molar refractivity (Wildman–Crippen MR) is 65.7 cm³/mol. The summed E-state index contributed by atoms with van der Waals surface area (Å²) in [5, 5.41) is 0. The molecule has 1 aliphatic heterocycles. The average Bonchev–Trinajstić information content (AvgIpc) is 2.90. The Labute approximate surface area is 100 Å². The fraction of sp³-hybridized carbons (Fsp3) is 0.143. The van der Waals surface area contributed by atoms with E-state index < -0.39 is 0 Å². The van der Waals surface area contributed by atoms with E-state index in [4.69, 9.17) is 4.74 Å². The normalized spacial score (nSPS) is 23.8. The van der Waals surface area contributed by atoms with Crippen molar-refractivity contribution < 1.29 is 4.74 Å². The molecule has 86 valence electrons. The summed E-state index contributed by atoms with van der Waals surface area (Å²) in [6, 6.07) is 20.2. The molecule has 0 radical (unpaired) electrons. The number of hydrazine groups is 1. The van der Waals surface area contributed by atoms with E-state index in [1.54, 1.807) is 0 Å². The van der Waals surface area contributed by atoms with Crippen LogP contribution in [0.15, 0.2) is 60.7 Å². The van der Waals surface area contributed by atoms with Crippen LogP contribution in [-0.4, -0.2) is 0 Å². The molecule has 0 spiro atoms. The molecule has 2 N–H and O–H groups in total. The van der Waals surface area contributed by atoms with Gasteiger partial charge in [0, 0.05) is 0 Å². The van der Waals surface area contributed by atoms with Gasteiger partial charge >= 0.3 is 0 Å². The maximum atomic E-state index is 5.91. The van der Waals surface area contributed by atoms with Crippen LogP contribution in [0.1, 0.15) is 23.6 Å². The van der Waals surface area contributed by atoms with Crippen LogP contribution >= 0.6 is 0 Å².